The lowest BCUT2D eigenvalue weighted by Crippen LogP contribution is -2.48. The van der Waals surface area contributed by atoms with E-state index in [0.717, 1.165) is 27.6 Å². The molecule has 140 valence electrons. The molecule has 3 nitrogen and oxygen atoms in total. The summed E-state index contributed by atoms with van der Waals surface area (Å²) in [6.07, 6.45) is 0. The normalized spacial score (nSPS) is 15.5. The van der Waals surface area contributed by atoms with Crippen molar-refractivity contribution in [2.24, 2.45) is 0 Å². The van der Waals surface area contributed by atoms with Gasteiger partial charge in [-0.25, -0.2) is 0 Å². The lowest BCUT2D eigenvalue weighted by molar-refractivity contribution is -0.122. The maximum absolute atomic E-state index is 13.6. The van der Waals surface area contributed by atoms with Crippen molar-refractivity contribution in [3.05, 3.63) is 114 Å². The van der Waals surface area contributed by atoms with Crippen molar-refractivity contribution in [1.82, 2.24) is 5.32 Å². The minimum atomic E-state index is -1.08. The van der Waals surface area contributed by atoms with Crippen molar-refractivity contribution in [1.29, 1.82) is 0 Å². The highest BCUT2D eigenvalue weighted by molar-refractivity contribution is 7.80. The Morgan fingerprint density at radius 3 is 1.90 bits per heavy atom. The average molecular weight is 394 g/mol. The smallest absolute Gasteiger partial charge is 0.261 e. The minimum absolute atomic E-state index is 0.146. The average Bonchev–Trinajstić information content (AvgIpc) is 3.05. The zero-order valence-corrected chi connectivity index (χ0v) is 16.4. The lowest BCUT2D eigenvalue weighted by Gasteiger charge is -2.38. The summed E-state index contributed by atoms with van der Waals surface area (Å²) in [4.78, 5) is 15.6. The molecule has 4 aromatic rings. The number of carbonyl (C=O) groups excluding carboxylic acids is 1. The zero-order valence-electron chi connectivity index (χ0n) is 15.6. The van der Waals surface area contributed by atoms with Gasteiger partial charge in [-0.1, -0.05) is 97.1 Å². The summed E-state index contributed by atoms with van der Waals surface area (Å²) in [6.45, 7) is 0. The monoisotopic (exact) mass is 394 g/mol. The predicted molar refractivity (Wildman–Crippen MR) is 121 cm³/mol. The number of nitrogens with one attached hydrogen (secondary N) is 1. The van der Waals surface area contributed by atoms with Crippen molar-refractivity contribution in [3.63, 3.8) is 0 Å². The molecule has 0 bridgehead atoms. The Morgan fingerprint density at radius 1 is 0.690 bits per heavy atom. The van der Waals surface area contributed by atoms with E-state index >= 15 is 0 Å². The van der Waals surface area contributed by atoms with E-state index < -0.39 is 5.54 Å². The van der Waals surface area contributed by atoms with E-state index in [9.17, 15) is 4.79 Å². The van der Waals surface area contributed by atoms with E-state index in [2.05, 4.69) is 23.5 Å². The molecular formula is C25H18N2OS. The number of hydrogen-bond donors (Lipinski definition) is 1. The molecule has 1 saturated heterocycles. The molecule has 1 heterocycles. The first kappa shape index (κ1) is 17.6. The third-order valence-corrected chi connectivity index (χ3v) is 5.76. The summed E-state index contributed by atoms with van der Waals surface area (Å²) in [5.41, 5.74) is 1.57. The molecule has 4 aromatic carbocycles. The van der Waals surface area contributed by atoms with Crippen molar-refractivity contribution in [2.75, 3.05) is 4.90 Å². The molecule has 1 aliphatic rings. The van der Waals surface area contributed by atoms with Crippen LogP contribution >= 0.6 is 12.2 Å². The number of anilines is 1. The molecule has 0 aliphatic carbocycles. The first-order chi connectivity index (χ1) is 14.2. The molecule has 0 atom stereocenters. The summed E-state index contributed by atoms with van der Waals surface area (Å²) in [5.74, 6) is -0.146. The molecule has 5 rings (SSSR count). The fourth-order valence-electron chi connectivity index (χ4n) is 4.24. The Bertz CT molecular complexity index is 1180. The molecule has 1 amide bonds. The fourth-order valence-corrected chi connectivity index (χ4v) is 4.56. The summed E-state index contributed by atoms with van der Waals surface area (Å²) in [5, 5.41) is 5.48. The van der Waals surface area contributed by atoms with Gasteiger partial charge in [0, 0.05) is 5.39 Å². The van der Waals surface area contributed by atoms with Gasteiger partial charge >= 0.3 is 0 Å². The Labute approximate surface area is 174 Å². The van der Waals surface area contributed by atoms with E-state index in [1.165, 1.54) is 0 Å². The number of thiocarbonyl (C=S) groups is 1. The molecule has 1 N–H and O–H groups in total. The Morgan fingerprint density at radius 2 is 1.24 bits per heavy atom. The minimum Gasteiger partial charge on any atom is -0.300 e. The van der Waals surface area contributed by atoms with Crippen molar-refractivity contribution in [3.8, 4) is 0 Å². The number of rotatable bonds is 3. The van der Waals surface area contributed by atoms with Gasteiger partial charge in [-0.3, -0.25) is 15.0 Å². The van der Waals surface area contributed by atoms with Crippen LogP contribution in [0.3, 0.4) is 0 Å². The highest BCUT2D eigenvalue weighted by atomic mass is 32.1. The number of fused-ring (bicyclic) bond motifs is 1. The van der Waals surface area contributed by atoms with Gasteiger partial charge < -0.3 is 0 Å². The maximum atomic E-state index is 13.6. The Kier molecular flexibility index (Phi) is 4.14. The quantitative estimate of drug-likeness (QED) is 0.496. The van der Waals surface area contributed by atoms with Crippen molar-refractivity contribution >= 4 is 39.7 Å². The molecule has 1 fully saturated rings. The van der Waals surface area contributed by atoms with Gasteiger partial charge in [0.2, 0.25) is 0 Å². The van der Waals surface area contributed by atoms with Crippen LogP contribution in [0.1, 0.15) is 11.1 Å². The highest BCUT2D eigenvalue weighted by Crippen LogP contribution is 2.44. The standard InChI is InChI=1S/C25H18N2OS/c28-23-25(19-12-3-1-4-13-19,20-14-5-2-6-15-20)27(24(29)26-23)22-17-9-11-18-10-7-8-16-21(18)22/h1-17H,(H,26,28,29). The van der Waals surface area contributed by atoms with Crippen LogP contribution in [0.25, 0.3) is 10.8 Å². The van der Waals surface area contributed by atoms with Crippen LogP contribution in [-0.4, -0.2) is 11.0 Å². The van der Waals surface area contributed by atoms with E-state index in [1.54, 1.807) is 0 Å². The van der Waals surface area contributed by atoms with E-state index in [4.69, 9.17) is 12.2 Å². The summed E-state index contributed by atoms with van der Waals surface area (Å²) in [7, 11) is 0. The third kappa shape index (κ3) is 2.57. The molecule has 29 heavy (non-hydrogen) atoms. The second-order valence-electron chi connectivity index (χ2n) is 7.04. The van der Waals surface area contributed by atoms with Gasteiger partial charge in [-0.05, 0) is 34.8 Å². The van der Waals surface area contributed by atoms with Gasteiger partial charge in [0.15, 0.2) is 10.7 Å². The predicted octanol–water partition coefficient (Wildman–Crippen LogP) is 5.00. The van der Waals surface area contributed by atoms with Crippen LogP contribution in [0.4, 0.5) is 5.69 Å². The Balaban J connectivity index is 1.87. The van der Waals surface area contributed by atoms with E-state index in [0.29, 0.717) is 5.11 Å². The number of hydrogen-bond acceptors (Lipinski definition) is 2. The molecular weight excluding hydrogens is 376 g/mol. The molecule has 1 aliphatic heterocycles. The SMILES string of the molecule is O=C1NC(=S)N(c2cccc3ccccc23)C1(c1ccccc1)c1ccccc1. The molecule has 0 spiro atoms. The second kappa shape index (κ2) is 6.83. The lowest BCUT2D eigenvalue weighted by atomic mass is 9.81. The molecule has 0 saturated carbocycles. The van der Waals surface area contributed by atoms with E-state index in [-0.39, 0.29) is 5.91 Å². The third-order valence-electron chi connectivity index (χ3n) is 5.48. The Hall–Kier alpha value is -3.50. The zero-order chi connectivity index (χ0) is 19.8. The van der Waals surface area contributed by atoms with E-state index in [1.807, 2.05) is 89.8 Å². The van der Waals surface area contributed by atoms with Crippen LogP contribution in [0.15, 0.2) is 103 Å². The van der Waals surface area contributed by atoms with Crippen LogP contribution in [-0.2, 0) is 10.3 Å². The van der Waals surface area contributed by atoms with Gasteiger partial charge in [0.05, 0.1) is 5.69 Å². The summed E-state index contributed by atoms with van der Waals surface area (Å²) < 4.78 is 0. The largest absolute Gasteiger partial charge is 0.300 e. The molecule has 0 radical (unpaired) electrons. The van der Waals surface area contributed by atoms with Gasteiger partial charge in [-0.2, -0.15) is 0 Å². The molecule has 4 heteroatoms. The number of nitrogens with zero attached hydrogens (tertiary/aromatic N) is 1. The second-order valence-corrected chi connectivity index (χ2v) is 7.42. The number of amides is 1. The van der Waals surface area contributed by atoms with Gasteiger partial charge in [-0.15, -0.1) is 0 Å². The topological polar surface area (TPSA) is 32.3 Å². The van der Waals surface area contributed by atoms with Crippen LogP contribution in [0.2, 0.25) is 0 Å². The molecule has 0 aromatic heterocycles. The van der Waals surface area contributed by atoms with Gasteiger partial charge in [0.1, 0.15) is 0 Å². The van der Waals surface area contributed by atoms with Crippen LogP contribution < -0.4 is 10.2 Å². The summed E-state index contributed by atoms with van der Waals surface area (Å²) in [6, 6.07) is 33.9. The summed E-state index contributed by atoms with van der Waals surface area (Å²) >= 11 is 5.71. The maximum Gasteiger partial charge on any atom is 0.261 e. The fraction of sp³-hybridized carbons (Fsp3) is 0.0400. The van der Waals surface area contributed by atoms with Crippen LogP contribution in [0.5, 0.6) is 0 Å². The van der Waals surface area contributed by atoms with Gasteiger partial charge in [0.25, 0.3) is 5.91 Å². The molecule has 0 unspecified atom stereocenters. The van der Waals surface area contributed by atoms with Crippen LogP contribution in [0, 0.1) is 0 Å². The van der Waals surface area contributed by atoms with Crippen molar-refractivity contribution in [2.45, 2.75) is 5.54 Å². The first-order valence-corrected chi connectivity index (χ1v) is 9.88. The first-order valence-electron chi connectivity index (χ1n) is 9.47. The highest BCUT2D eigenvalue weighted by Gasteiger charge is 2.54. The number of benzene rings is 4. The number of carbonyl (C=O) groups is 1. The van der Waals surface area contributed by atoms with Crippen molar-refractivity contribution < 1.29 is 4.79 Å².